The fourth-order valence-corrected chi connectivity index (χ4v) is 2.63. The van der Waals surface area contributed by atoms with Crippen LogP contribution in [0.25, 0.3) is 5.69 Å². The molecule has 140 valence electrons. The Morgan fingerprint density at radius 1 is 1.23 bits per heavy atom. The number of unbranched alkanes of at least 4 members (excludes halogenated alkanes) is 3. The number of hydrogen-bond donors (Lipinski definition) is 2. The molecule has 0 aliphatic rings. The molecule has 0 fully saturated rings. The van der Waals surface area contributed by atoms with Crippen LogP contribution in [0.2, 0.25) is 0 Å². The van der Waals surface area contributed by atoms with Gasteiger partial charge in [0.15, 0.2) is 0 Å². The van der Waals surface area contributed by atoms with Crippen molar-refractivity contribution in [3.63, 3.8) is 0 Å². The standard InChI is InChI=1S/C19H24FN3O3/c1-3-4-5-6-7-13(2)21-12-16-17(24)22-19(26)23(18(16)25)15-10-8-14(20)9-11-15/h8-13,25H,3-7H2,1-2H3,(H,22,24,26). The monoisotopic (exact) mass is 361 g/mol. The Bertz CT molecular complexity index is 869. The average Bonchev–Trinajstić information content (AvgIpc) is 2.60. The van der Waals surface area contributed by atoms with Crippen molar-refractivity contribution in [2.75, 3.05) is 0 Å². The Morgan fingerprint density at radius 2 is 1.92 bits per heavy atom. The summed E-state index contributed by atoms with van der Waals surface area (Å²) in [6, 6.07) is 5.01. The van der Waals surface area contributed by atoms with E-state index in [-0.39, 0.29) is 17.3 Å². The lowest BCUT2D eigenvalue weighted by Crippen LogP contribution is -2.31. The van der Waals surface area contributed by atoms with Crippen molar-refractivity contribution in [3.05, 3.63) is 56.5 Å². The summed E-state index contributed by atoms with van der Waals surface area (Å²) >= 11 is 0. The molecule has 0 aliphatic carbocycles. The van der Waals surface area contributed by atoms with Gasteiger partial charge in [0.05, 0.1) is 5.69 Å². The van der Waals surface area contributed by atoms with Gasteiger partial charge in [-0.15, -0.1) is 0 Å². The highest BCUT2D eigenvalue weighted by Crippen LogP contribution is 2.16. The minimum atomic E-state index is -0.802. The van der Waals surface area contributed by atoms with E-state index >= 15 is 0 Å². The fraction of sp³-hybridized carbons (Fsp3) is 0.421. The number of aromatic nitrogens is 2. The fourth-order valence-electron chi connectivity index (χ4n) is 2.63. The van der Waals surface area contributed by atoms with E-state index in [0.717, 1.165) is 30.3 Å². The zero-order valence-electron chi connectivity index (χ0n) is 15.0. The molecule has 1 heterocycles. The first kappa shape index (κ1) is 19.6. The van der Waals surface area contributed by atoms with Gasteiger partial charge in [-0.3, -0.25) is 14.8 Å². The van der Waals surface area contributed by atoms with Crippen LogP contribution in [-0.4, -0.2) is 26.9 Å². The van der Waals surface area contributed by atoms with Gasteiger partial charge in [-0.1, -0.05) is 32.6 Å². The zero-order chi connectivity index (χ0) is 19.1. The summed E-state index contributed by atoms with van der Waals surface area (Å²) in [5.41, 5.74) is -1.38. The summed E-state index contributed by atoms with van der Waals surface area (Å²) in [6.07, 6.45) is 6.69. The van der Waals surface area contributed by atoms with Crippen molar-refractivity contribution in [1.82, 2.24) is 9.55 Å². The second kappa shape index (κ2) is 9.12. The van der Waals surface area contributed by atoms with E-state index in [0.29, 0.717) is 0 Å². The molecule has 0 spiro atoms. The number of nitrogens with one attached hydrogen (secondary N) is 1. The molecule has 6 nitrogen and oxygen atoms in total. The molecule has 0 saturated carbocycles. The third-order valence-corrected chi connectivity index (χ3v) is 4.14. The van der Waals surface area contributed by atoms with E-state index < -0.39 is 22.9 Å². The van der Waals surface area contributed by atoms with Gasteiger partial charge in [-0.2, -0.15) is 0 Å². The summed E-state index contributed by atoms with van der Waals surface area (Å²) in [5, 5.41) is 10.4. The molecule has 0 amide bonds. The van der Waals surface area contributed by atoms with Crippen LogP contribution in [0.5, 0.6) is 5.88 Å². The van der Waals surface area contributed by atoms with Crippen LogP contribution in [0.4, 0.5) is 4.39 Å². The molecule has 1 aromatic heterocycles. The summed E-state index contributed by atoms with van der Waals surface area (Å²) < 4.78 is 14.0. The Labute approximate surface area is 151 Å². The molecule has 26 heavy (non-hydrogen) atoms. The number of rotatable bonds is 8. The molecule has 2 rings (SSSR count). The molecule has 0 aliphatic heterocycles. The van der Waals surface area contributed by atoms with Crippen LogP contribution in [0.3, 0.4) is 0 Å². The first-order chi connectivity index (χ1) is 12.4. The highest BCUT2D eigenvalue weighted by molar-refractivity contribution is 5.82. The van der Waals surface area contributed by atoms with Crippen molar-refractivity contribution in [1.29, 1.82) is 0 Å². The van der Waals surface area contributed by atoms with E-state index in [9.17, 15) is 19.1 Å². The maximum absolute atomic E-state index is 13.1. The first-order valence-corrected chi connectivity index (χ1v) is 8.81. The largest absolute Gasteiger partial charge is 0.493 e. The molecule has 0 radical (unpaired) electrons. The highest BCUT2D eigenvalue weighted by atomic mass is 19.1. The van der Waals surface area contributed by atoms with Crippen molar-refractivity contribution in [3.8, 4) is 11.6 Å². The Balaban J connectivity index is 2.28. The average molecular weight is 361 g/mol. The number of hydrogen-bond acceptors (Lipinski definition) is 4. The number of halogens is 1. The van der Waals surface area contributed by atoms with Gasteiger partial charge in [0.2, 0.25) is 5.88 Å². The van der Waals surface area contributed by atoms with Crippen molar-refractivity contribution < 1.29 is 9.50 Å². The van der Waals surface area contributed by atoms with Gasteiger partial charge < -0.3 is 5.11 Å². The minimum absolute atomic E-state index is 0.00291. The third-order valence-electron chi connectivity index (χ3n) is 4.14. The van der Waals surface area contributed by atoms with Crippen LogP contribution < -0.4 is 11.2 Å². The van der Waals surface area contributed by atoms with Crippen LogP contribution in [0, 0.1) is 5.82 Å². The van der Waals surface area contributed by atoms with E-state index in [4.69, 9.17) is 0 Å². The van der Waals surface area contributed by atoms with Gasteiger partial charge in [0.1, 0.15) is 11.4 Å². The molecule has 1 unspecified atom stereocenters. The van der Waals surface area contributed by atoms with Crippen molar-refractivity contribution >= 4 is 6.21 Å². The number of aromatic hydroxyl groups is 1. The molecule has 2 N–H and O–H groups in total. The molecule has 0 saturated heterocycles. The smallest absolute Gasteiger partial charge is 0.335 e. The predicted octanol–water partition coefficient (Wildman–Crippen LogP) is 3.15. The molecule has 7 heteroatoms. The van der Waals surface area contributed by atoms with Crippen LogP contribution in [0.1, 0.15) is 51.5 Å². The second-order valence-electron chi connectivity index (χ2n) is 6.28. The number of H-pyrrole nitrogens is 1. The maximum Gasteiger partial charge on any atom is 0.335 e. The SMILES string of the molecule is CCCCCCC(C)N=Cc1c(O)n(-c2ccc(F)cc2)c(=O)[nH]c1=O. The van der Waals surface area contributed by atoms with Gasteiger partial charge in [0, 0.05) is 12.3 Å². The highest BCUT2D eigenvalue weighted by Gasteiger charge is 2.14. The zero-order valence-corrected chi connectivity index (χ0v) is 15.0. The van der Waals surface area contributed by atoms with Crippen molar-refractivity contribution in [2.24, 2.45) is 4.99 Å². The first-order valence-electron chi connectivity index (χ1n) is 8.81. The van der Waals surface area contributed by atoms with Gasteiger partial charge in [-0.25, -0.2) is 13.8 Å². The lowest BCUT2D eigenvalue weighted by molar-refractivity contribution is 0.430. The van der Waals surface area contributed by atoms with Gasteiger partial charge >= 0.3 is 5.69 Å². The lowest BCUT2D eigenvalue weighted by Gasteiger charge is -2.10. The van der Waals surface area contributed by atoms with Gasteiger partial charge in [0.25, 0.3) is 5.56 Å². The van der Waals surface area contributed by atoms with Crippen LogP contribution >= 0.6 is 0 Å². The predicted molar refractivity (Wildman–Crippen MR) is 100 cm³/mol. The second-order valence-corrected chi connectivity index (χ2v) is 6.28. The molecular weight excluding hydrogens is 337 g/mol. The van der Waals surface area contributed by atoms with E-state index in [1.54, 1.807) is 0 Å². The molecule has 2 aromatic rings. The lowest BCUT2D eigenvalue weighted by atomic mass is 10.1. The van der Waals surface area contributed by atoms with Crippen molar-refractivity contribution in [2.45, 2.75) is 52.0 Å². The number of aromatic amines is 1. The molecular formula is C19H24FN3O3. The quantitative estimate of drug-likeness (QED) is 0.559. The van der Waals surface area contributed by atoms with Crippen LogP contribution in [0.15, 0.2) is 38.8 Å². The van der Waals surface area contributed by atoms with Gasteiger partial charge in [-0.05, 0) is 37.6 Å². The molecule has 0 bridgehead atoms. The summed E-state index contributed by atoms with van der Waals surface area (Å²) in [5.74, 6) is -0.989. The maximum atomic E-state index is 13.1. The minimum Gasteiger partial charge on any atom is -0.493 e. The number of nitrogens with zero attached hydrogens (tertiary/aromatic N) is 2. The number of aliphatic imine (C=N–C) groups is 1. The van der Waals surface area contributed by atoms with Crippen LogP contribution in [-0.2, 0) is 0 Å². The summed E-state index contributed by atoms with van der Waals surface area (Å²) in [4.78, 5) is 30.5. The summed E-state index contributed by atoms with van der Waals surface area (Å²) in [7, 11) is 0. The van der Waals surface area contributed by atoms with E-state index in [1.165, 1.54) is 36.9 Å². The normalized spacial score (nSPS) is 12.6. The third kappa shape index (κ3) is 4.91. The Hall–Kier alpha value is -2.70. The van der Waals surface area contributed by atoms with E-state index in [1.807, 2.05) is 6.92 Å². The Morgan fingerprint density at radius 3 is 2.58 bits per heavy atom. The molecule has 1 atom stereocenters. The topological polar surface area (TPSA) is 87.4 Å². The summed E-state index contributed by atoms with van der Waals surface area (Å²) in [6.45, 7) is 4.08. The molecule has 1 aromatic carbocycles. The number of benzene rings is 1. The Kier molecular flexibility index (Phi) is 6.89. The van der Waals surface area contributed by atoms with E-state index in [2.05, 4.69) is 16.9 Å².